The first kappa shape index (κ1) is 20.9. The van der Waals surface area contributed by atoms with Crippen LogP contribution in [0.5, 0.6) is 0 Å². The van der Waals surface area contributed by atoms with Crippen molar-refractivity contribution in [2.75, 3.05) is 25.4 Å². The van der Waals surface area contributed by atoms with Crippen molar-refractivity contribution < 1.29 is 27.7 Å². The summed E-state index contributed by atoms with van der Waals surface area (Å²) in [5, 5.41) is 13.6. The fourth-order valence-electron chi connectivity index (χ4n) is 3.41. The number of piperidine rings is 1. The lowest BCUT2D eigenvalue weighted by molar-refractivity contribution is -0.384. The number of rotatable bonds is 6. The summed E-state index contributed by atoms with van der Waals surface area (Å²) in [4.78, 5) is 48.1. The number of carbonyl (C=O) groups excluding carboxylic acids is 3. The van der Waals surface area contributed by atoms with E-state index in [2.05, 4.69) is 5.32 Å². The van der Waals surface area contributed by atoms with E-state index in [1.807, 2.05) is 0 Å². The second-order valence-corrected chi connectivity index (χ2v) is 9.08. The van der Waals surface area contributed by atoms with Crippen LogP contribution < -0.4 is 5.32 Å². The summed E-state index contributed by atoms with van der Waals surface area (Å²) in [5.74, 6) is -1.97. The summed E-state index contributed by atoms with van der Waals surface area (Å²) in [5.41, 5.74) is -0.397. The van der Waals surface area contributed by atoms with Gasteiger partial charge in [-0.15, -0.1) is 0 Å². The van der Waals surface area contributed by atoms with Gasteiger partial charge in [-0.1, -0.05) is 0 Å². The molecule has 0 aromatic heterocycles. The lowest BCUT2D eigenvalue weighted by atomic mass is 10.1. The first-order chi connectivity index (χ1) is 13.6. The zero-order valence-electron chi connectivity index (χ0n) is 15.7. The van der Waals surface area contributed by atoms with Crippen LogP contribution in [0.2, 0.25) is 0 Å². The number of amides is 3. The molecule has 0 aliphatic carbocycles. The van der Waals surface area contributed by atoms with Gasteiger partial charge in [0.15, 0.2) is 0 Å². The molecule has 11 nitrogen and oxygen atoms in total. The first-order valence-corrected chi connectivity index (χ1v) is 10.7. The molecule has 12 heteroatoms. The fraction of sp³-hybridized carbons (Fsp3) is 0.471. The maximum atomic E-state index is 12.4. The number of fused-ring (bicyclic) bond motifs is 1. The van der Waals surface area contributed by atoms with Gasteiger partial charge in [0.1, 0.15) is 6.54 Å². The van der Waals surface area contributed by atoms with Gasteiger partial charge in [-0.3, -0.25) is 29.4 Å². The van der Waals surface area contributed by atoms with E-state index < -0.39 is 39.2 Å². The Labute approximate surface area is 166 Å². The Morgan fingerprint density at radius 1 is 1.21 bits per heavy atom. The van der Waals surface area contributed by atoms with Crippen LogP contribution in [0.1, 0.15) is 40.5 Å². The van der Waals surface area contributed by atoms with Crippen molar-refractivity contribution in [1.82, 2.24) is 14.5 Å². The van der Waals surface area contributed by atoms with Gasteiger partial charge in [0.2, 0.25) is 15.9 Å². The molecule has 0 spiro atoms. The Hall–Kier alpha value is -2.86. The molecular weight excluding hydrogens is 404 g/mol. The molecule has 2 aliphatic rings. The van der Waals surface area contributed by atoms with Crippen LogP contribution in [0.25, 0.3) is 0 Å². The second kappa shape index (κ2) is 7.87. The third-order valence-electron chi connectivity index (χ3n) is 5.04. The van der Waals surface area contributed by atoms with Crippen molar-refractivity contribution in [1.29, 1.82) is 0 Å². The molecule has 0 radical (unpaired) electrons. The number of hydrogen-bond donors (Lipinski definition) is 1. The van der Waals surface area contributed by atoms with Crippen LogP contribution >= 0.6 is 0 Å². The van der Waals surface area contributed by atoms with E-state index in [1.165, 1.54) is 10.4 Å². The van der Waals surface area contributed by atoms with Crippen LogP contribution in [0.15, 0.2) is 18.2 Å². The third-order valence-corrected chi connectivity index (χ3v) is 6.93. The summed E-state index contributed by atoms with van der Waals surface area (Å²) < 4.78 is 25.1. The molecule has 0 bridgehead atoms. The number of non-ortho nitro benzene ring substituents is 1. The molecule has 0 atom stereocenters. The highest BCUT2D eigenvalue weighted by Crippen LogP contribution is 2.26. The van der Waals surface area contributed by atoms with Gasteiger partial charge in [0.25, 0.3) is 17.5 Å². The molecule has 1 N–H and O–H groups in total. The average molecular weight is 424 g/mol. The Bertz CT molecular complexity index is 983. The van der Waals surface area contributed by atoms with Gasteiger partial charge < -0.3 is 5.32 Å². The zero-order chi connectivity index (χ0) is 21.3. The molecule has 0 unspecified atom stereocenters. The Kier molecular flexibility index (Phi) is 5.66. The molecule has 1 fully saturated rings. The lowest BCUT2D eigenvalue weighted by Gasteiger charge is -2.31. The smallest absolute Gasteiger partial charge is 0.270 e. The predicted molar refractivity (Wildman–Crippen MR) is 101 cm³/mol. The number of imide groups is 1. The maximum Gasteiger partial charge on any atom is 0.270 e. The van der Waals surface area contributed by atoms with E-state index in [1.54, 1.807) is 6.92 Å². The first-order valence-electron chi connectivity index (χ1n) is 9.06. The molecule has 1 aromatic carbocycles. The zero-order valence-corrected chi connectivity index (χ0v) is 16.5. The minimum atomic E-state index is -3.27. The van der Waals surface area contributed by atoms with Crippen molar-refractivity contribution in [2.24, 2.45) is 0 Å². The number of nitrogens with zero attached hydrogens (tertiary/aromatic N) is 3. The summed E-state index contributed by atoms with van der Waals surface area (Å²) in [6, 6.07) is 3.10. The van der Waals surface area contributed by atoms with E-state index in [4.69, 9.17) is 0 Å². The molecular formula is C17H20N4O7S. The minimum absolute atomic E-state index is 0.0158. The SMILES string of the molecule is CCS(=O)(=O)N1CCC(NC(=O)CN2C(=O)c3ccc([N+](=O)[O-])cc3C2=O)CC1. The van der Waals surface area contributed by atoms with Crippen LogP contribution in [-0.4, -0.2) is 71.7 Å². The standard InChI is InChI=1S/C17H20N4O7S/c1-2-29(27,28)19-7-5-11(6-8-19)18-15(22)10-20-16(23)13-4-3-12(21(25)26)9-14(13)17(20)24/h3-4,9,11H,2,5-8,10H2,1H3,(H,18,22). The van der Waals surface area contributed by atoms with Gasteiger partial charge in [-0.05, 0) is 25.8 Å². The van der Waals surface area contributed by atoms with E-state index in [0.717, 1.165) is 17.0 Å². The quantitative estimate of drug-likeness (QED) is 0.387. The molecule has 0 saturated carbocycles. The van der Waals surface area contributed by atoms with Crippen LogP contribution in [0, 0.1) is 10.1 Å². The van der Waals surface area contributed by atoms with Gasteiger partial charge in [0.05, 0.1) is 21.8 Å². The number of hydrogen-bond acceptors (Lipinski definition) is 7. The summed E-state index contributed by atoms with van der Waals surface area (Å²) in [6.45, 7) is 1.64. The highest BCUT2D eigenvalue weighted by atomic mass is 32.2. The molecule has 3 rings (SSSR count). The van der Waals surface area contributed by atoms with Gasteiger partial charge in [-0.2, -0.15) is 0 Å². The van der Waals surface area contributed by atoms with Crippen molar-refractivity contribution in [2.45, 2.75) is 25.8 Å². The lowest BCUT2D eigenvalue weighted by Crippen LogP contribution is -2.49. The Morgan fingerprint density at radius 2 is 1.83 bits per heavy atom. The van der Waals surface area contributed by atoms with Crippen molar-refractivity contribution in [3.8, 4) is 0 Å². The molecule has 3 amide bonds. The topological polar surface area (TPSA) is 147 Å². The number of sulfonamides is 1. The molecule has 1 saturated heterocycles. The molecule has 2 heterocycles. The molecule has 2 aliphatic heterocycles. The van der Waals surface area contributed by atoms with Crippen LogP contribution in [-0.2, 0) is 14.8 Å². The molecule has 1 aromatic rings. The number of nitro groups is 1. The van der Waals surface area contributed by atoms with E-state index in [-0.39, 0.29) is 41.7 Å². The number of carbonyl (C=O) groups is 3. The van der Waals surface area contributed by atoms with Gasteiger partial charge in [-0.25, -0.2) is 12.7 Å². The largest absolute Gasteiger partial charge is 0.352 e. The highest BCUT2D eigenvalue weighted by molar-refractivity contribution is 7.89. The highest BCUT2D eigenvalue weighted by Gasteiger charge is 2.38. The summed E-state index contributed by atoms with van der Waals surface area (Å²) in [7, 11) is -3.27. The fourth-order valence-corrected chi connectivity index (χ4v) is 4.55. The molecule has 29 heavy (non-hydrogen) atoms. The van der Waals surface area contributed by atoms with Crippen LogP contribution in [0.3, 0.4) is 0 Å². The van der Waals surface area contributed by atoms with Crippen molar-refractivity contribution in [3.63, 3.8) is 0 Å². The summed E-state index contributed by atoms with van der Waals surface area (Å²) >= 11 is 0. The average Bonchev–Trinajstić information content (AvgIpc) is 2.92. The maximum absolute atomic E-state index is 12.4. The number of nitro benzene ring substituents is 1. The van der Waals surface area contributed by atoms with E-state index in [0.29, 0.717) is 12.8 Å². The van der Waals surface area contributed by atoms with E-state index in [9.17, 15) is 32.9 Å². The number of benzene rings is 1. The predicted octanol–water partition coefficient (Wildman–Crippen LogP) is 0.121. The minimum Gasteiger partial charge on any atom is -0.352 e. The molecule has 156 valence electrons. The van der Waals surface area contributed by atoms with Crippen LogP contribution in [0.4, 0.5) is 5.69 Å². The van der Waals surface area contributed by atoms with E-state index >= 15 is 0 Å². The Morgan fingerprint density at radius 3 is 2.41 bits per heavy atom. The van der Waals surface area contributed by atoms with Crippen molar-refractivity contribution >= 4 is 33.4 Å². The monoisotopic (exact) mass is 424 g/mol. The summed E-state index contributed by atoms with van der Waals surface area (Å²) in [6.07, 6.45) is 0.860. The second-order valence-electron chi connectivity index (χ2n) is 6.82. The third kappa shape index (κ3) is 4.12. The van der Waals surface area contributed by atoms with Gasteiger partial charge >= 0.3 is 0 Å². The number of nitrogens with one attached hydrogen (secondary N) is 1. The normalized spacial score (nSPS) is 18.0. The van der Waals surface area contributed by atoms with Crippen molar-refractivity contribution in [3.05, 3.63) is 39.4 Å². The van der Waals surface area contributed by atoms with Gasteiger partial charge in [0, 0.05) is 31.3 Å². The Balaban J connectivity index is 1.60.